The summed E-state index contributed by atoms with van der Waals surface area (Å²) >= 11 is 1.88. The molecule has 7 aromatic carbocycles. The van der Waals surface area contributed by atoms with E-state index in [4.69, 9.17) is 9.97 Å². The molecule has 0 radical (unpaired) electrons. The van der Waals surface area contributed by atoms with Gasteiger partial charge in [-0.15, -0.1) is 11.3 Å². The Hall–Kier alpha value is -5.58. The fourth-order valence-electron chi connectivity index (χ4n) is 7.01. The van der Waals surface area contributed by atoms with E-state index in [0.29, 0.717) is 0 Å². The van der Waals surface area contributed by atoms with Crippen molar-refractivity contribution in [3.05, 3.63) is 140 Å². The predicted octanol–water partition coefficient (Wildman–Crippen LogP) is 11.0. The van der Waals surface area contributed by atoms with E-state index in [2.05, 4.69) is 132 Å². The maximum absolute atomic E-state index is 5.39. The zero-order valence-corrected chi connectivity index (χ0v) is 24.3. The first-order valence-electron chi connectivity index (χ1n) is 14.8. The Kier molecular flexibility index (Phi) is 4.87. The van der Waals surface area contributed by atoms with E-state index < -0.39 is 0 Å². The summed E-state index contributed by atoms with van der Waals surface area (Å²) in [5.41, 5.74) is 8.31. The van der Waals surface area contributed by atoms with Crippen LogP contribution in [0.4, 0.5) is 0 Å². The molecule has 10 rings (SSSR count). The van der Waals surface area contributed by atoms with Crippen LogP contribution >= 0.6 is 11.3 Å². The summed E-state index contributed by atoms with van der Waals surface area (Å²) < 4.78 is 4.93. The zero-order chi connectivity index (χ0) is 28.8. The van der Waals surface area contributed by atoms with Crippen LogP contribution in [0, 0.1) is 0 Å². The van der Waals surface area contributed by atoms with Crippen molar-refractivity contribution in [2.45, 2.75) is 0 Å². The quantitative estimate of drug-likeness (QED) is 0.209. The molecule has 0 unspecified atom stereocenters. The van der Waals surface area contributed by atoms with E-state index in [0.717, 1.165) is 44.7 Å². The molecule has 0 fully saturated rings. The Morgan fingerprint density at radius 2 is 1.00 bits per heavy atom. The van der Waals surface area contributed by atoms with E-state index in [9.17, 15) is 0 Å². The number of rotatable bonds is 3. The van der Waals surface area contributed by atoms with Gasteiger partial charge in [0.25, 0.3) is 0 Å². The van der Waals surface area contributed by atoms with Crippen LogP contribution in [0.25, 0.3) is 92.0 Å². The summed E-state index contributed by atoms with van der Waals surface area (Å²) in [7, 11) is 0. The van der Waals surface area contributed by atoms with Crippen LogP contribution in [0.3, 0.4) is 0 Å². The van der Waals surface area contributed by atoms with Gasteiger partial charge >= 0.3 is 0 Å². The van der Waals surface area contributed by atoms with E-state index in [1.165, 1.54) is 47.3 Å². The van der Waals surface area contributed by atoms with Crippen LogP contribution in [-0.4, -0.2) is 14.5 Å². The highest BCUT2D eigenvalue weighted by Gasteiger charge is 2.23. The Morgan fingerprint density at radius 1 is 0.432 bits per heavy atom. The smallest absolute Gasteiger partial charge is 0.165 e. The Labute approximate surface area is 256 Å². The summed E-state index contributed by atoms with van der Waals surface area (Å²) in [5, 5.41) is 7.70. The first-order valence-corrected chi connectivity index (χ1v) is 15.7. The first-order chi connectivity index (χ1) is 21.8. The second-order valence-corrected chi connectivity index (χ2v) is 12.5. The third-order valence-electron chi connectivity index (χ3n) is 8.93. The highest BCUT2D eigenvalue weighted by atomic mass is 32.1. The van der Waals surface area contributed by atoms with Gasteiger partial charge in [0.05, 0.1) is 22.1 Å². The lowest BCUT2D eigenvalue weighted by Gasteiger charge is -2.15. The van der Waals surface area contributed by atoms with Gasteiger partial charge in [0, 0.05) is 36.5 Å². The summed E-state index contributed by atoms with van der Waals surface area (Å²) in [6.45, 7) is 0. The molecule has 0 spiro atoms. The minimum atomic E-state index is 0.843. The largest absolute Gasteiger partial charge is 0.292 e. The van der Waals surface area contributed by atoms with E-state index in [1.807, 2.05) is 23.5 Å². The molecule has 3 aromatic heterocycles. The lowest BCUT2D eigenvalue weighted by Crippen LogP contribution is -2.03. The third kappa shape index (κ3) is 3.31. The molecule has 0 amide bonds. The lowest BCUT2D eigenvalue weighted by atomic mass is 10.00. The second-order valence-electron chi connectivity index (χ2n) is 11.4. The minimum absolute atomic E-state index is 0.843. The normalized spacial score (nSPS) is 12.1. The summed E-state index contributed by atoms with van der Waals surface area (Å²) in [6, 6.07) is 49.8. The molecule has 10 aromatic rings. The van der Waals surface area contributed by atoms with E-state index >= 15 is 0 Å². The second kappa shape index (κ2) is 8.96. The van der Waals surface area contributed by atoms with Crippen molar-refractivity contribution in [3.8, 4) is 28.2 Å². The average Bonchev–Trinajstić information content (AvgIpc) is 3.34. The molecule has 3 heterocycles. The van der Waals surface area contributed by atoms with Crippen LogP contribution in [0.5, 0.6) is 0 Å². The van der Waals surface area contributed by atoms with Crippen LogP contribution in [-0.2, 0) is 0 Å². The van der Waals surface area contributed by atoms with Crippen molar-refractivity contribution in [2.75, 3.05) is 0 Å². The van der Waals surface area contributed by atoms with E-state index in [1.54, 1.807) is 0 Å². The highest BCUT2D eigenvalue weighted by Crippen LogP contribution is 2.46. The molecule has 0 N–H and O–H groups in total. The van der Waals surface area contributed by atoms with Gasteiger partial charge in [-0.05, 0) is 64.4 Å². The van der Waals surface area contributed by atoms with Gasteiger partial charge in [0.2, 0.25) is 0 Å². The molecule has 0 aliphatic heterocycles. The van der Waals surface area contributed by atoms with Crippen LogP contribution < -0.4 is 0 Å². The van der Waals surface area contributed by atoms with Crippen LogP contribution in [0.1, 0.15) is 0 Å². The fourth-order valence-corrected chi connectivity index (χ4v) is 8.19. The molecule has 0 saturated carbocycles. The molecule has 4 heteroatoms. The Bertz CT molecular complexity index is 2610. The molecule has 0 bridgehead atoms. The standard InChI is InChI=1S/C40H23N3S/c1-2-9-24(10-3-1)27-13-6-14-28(23-27)39-40(42-30-16-5-4-15-29(30)41-39)43-31-21-19-25-11-7-17-33-35(25)37(31)38-32(43)22-20-26-12-8-18-34(44-33)36(26)38/h1-23H. The molecule has 0 aliphatic carbocycles. The van der Waals surface area contributed by atoms with Crippen molar-refractivity contribution in [3.63, 3.8) is 0 Å². The minimum Gasteiger partial charge on any atom is -0.292 e. The molecule has 0 atom stereocenters. The number of para-hydroxylation sites is 2. The third-order valence-corrected chi connectivity index (χ3v) is 10.0. The summed E-state index contributed by atoms with van der Waals surface area (Å²) in [6.07, 6.45) is 0. The number of hydrogen-bond acceptors (Lipinski definition) is 3. The number of aromatic nitrogens is 3. The fraction of sp³-hybridized carbons (Fsp3) is 0. The van der Waals surface area contributed by atoms with Gasteiger partial charge in [-0.3, -0.25) is 4.57 Å². The summed E-state index contributed by atoms with van der Waals surface area (Å²) in [4.78, 5) is 10.7. The van der Waals surface area contributed by atoms with Gasteiger partial charge in [0.1, 0.15) is 5.69 Å². The number of benzene rings is 7. The molecule has 204 valence electrons. The topological polar surface area (TPSA) is 30.7 Å². The predicted molar refractivity (Wildman–Crippen MR) is 186 cm³/mol. The molecular formula is C40H23N3S. The molecule has 3 nitrogen and oxygen atoms in total. The summed E-state index contributed by atoms with van der Waals surface area (Å²) in [5.74, 6) is 0.843. The van der Waals surface area contributed by atoms with Gasteiger partial charge in [-0.25, -0.2) is 9.97 Å². The van der Waals surface area contributed by atoms with Crippen molar-refractivity contribution < 1.29 is 0 Å². The SMILES string of the molecule is c1ccc(-c2cccc(-c3nc4ccccc4nc3-n3c4ccc5cccc6sc7cccc8ccc3c(c87)c4c56)c2)cc1. The Balaban J connectivity index is 1.39. The van der Waals surface area contributed by atoms with Crippen molar-refractivity contribution in [1.29, 1.82) is 0 Å². The molecular weight excluding hydrogens is 555 g/mol. The lowest BCUT2D eigenvalue weighted by molar-refractivity contribution is 1.08. The van der Waals surface area contributed by atoms with Crippen molar-refractivity contribution in [1.82, 2.24) is 14.5 Å². The monoisotopic (exact) mass is 577 g/mol. The van der Waals surface area contributed by atoms with Gasteiger partial charge in [-0.1, -0.05) is 97.1 Å². The first kappa shape index (κ1) is 23.9. The van der Waals surface area contributed by atoms with Gasteiger partial charge < -0.3 is 0 Å². The van der Waals surface area contributed by atoms with E-state index in [-0.39, 0.29) is 0 Å². The molecule has 44 heavy (non-hydrogen) atoms. The number of fused-ring (bicyclic) bond motifs is 1. The van der Waals surface area contributed by atoms with Gasteiger partial charge in [0.15, 0.2) is 5.82 Å². The molecule has 0 aliphatic rings. The van der Waals surface area contributed by atoms with Crippen LogP contribution in [0.15, 0.2) is 140 Å². The number of nitrogens with zero attached hydrogens (tertiary/aromatic N) is 3. The van der Waals surface area contributed by atoms with Crippen LogP contribution in [0.2, 0.25) is 0 Å². The molecule has 0 saturated heterocycles. The van der Waals surface area contributed by atoms with Gasteiger partial charge in [-0.2, -0.15) is 0 Å². The van der Waals surface area contributed by atoms with Crippen molar-refractivity contribution in [2.24, 2.45) is 0 Å². The van der Waals surface area contributed by atoms with Crippen molar-refractivity contribution >= 4 is 75.1 Å². The Morgan fingerprint density at radius 3 is 1.68 bits per heavy atom. The zero-order valence-electron chi connectivity index (χ0n) is 23.5. The maximum atomic E-state index is 5.39. The number of hydrogen-bond donors (Lipinski definition) is 0. The average molecular weight is 578 g/mol. The maximum Gasteiger partial charge on any atom is 0.165 e. The highest BCUT2D eigenvalue weighted by molar-refractivity contribution is 7.24.